The Morgan fingerprint density at radius 3 is 2.52 bits per heavy atom. The highest BCUT2D eigenvalue weighted by atomic mass is 16.4. The first kappa shape index (κ1) is 15.0. The second-order valence-corrected chi connectivity index (χ2v) is 5.70. The van der Waals surface area contributed by atoms with Crippen molar-refractivity contribution in [3.63, 3.8) is 0 Å². The molecule has 0 saturated carbocycles. The van der Waals surface area contributed by atoms with Crippen molar-refractivity contribution in [2.24, 2.45) is 0 Å². The second kappa shape index (κ2) is 5.35. The zero-order valence-electron chi connectivity index (χ0n) is 12.8. The summed E-state index contributed by atoms with van der Waals surface area (Å²) in [4.78, 5) is 12.6. The van der Waals surface area contributed by atoms with Gasteiger partial charge in [0.2, 0.25) is 11.2 Å². The molecule has 0 radical (unpaired) electrons. The summed E-state index contributed by atoms with van der Waals surface area (Å²) >= 11 is 0. The van der Waals surface area contributed by atoms with Gasteiger partial charge in [-0.3, -0.25) is 4.79 Å². The molecule has 2 aromatic carbocycles. The van der Waals surface area contributed by atoms with Gasteiger partial charge in [-0.2, -0.15) is 0 Å². The van der Waals surface area contributed by atoms with Gasteiger partial charge in [-0.25, -0.2) is 0 Å². The lowest BCUT2D eigenvalue weighted by Crippen LogP contribution is -2.03. The van der Waals surface area contributed by atoms with Crippen LogP contribution >= 0.6 is 0 Å². The smallest absolute Gasteiger partial charge is 0.201 e. The molecule has 0 bridgehead atoms. The normalized spacial score (nSPS) is 11.0. The molecule has 5 nitrogen and oxygen atoms in total. The minimum absolute atomic E-state index is 0.0112. The summed E-state index contributed by atoms with van der Waals surface area (Å²) in [6.45, 7) is 3.91. The van der Waals surface area contributed by atoms with Crippen LogP contribution in [0.3, 0.4) is 0 Å². The molecule has 0 unspecified atom stereocenters. The number of hydrogen-bond acceptors (Lipinski definition) is 5. The lowest BCUT2D eigenvalue weighted by molar-refractivity contribution is 0.401. The molecule has 23 heavy (non-hydrogen) atoms. The third-order valence-corrected chi connectivity index (χ3v) is 3.72. The van der Waals surface area contributed by atoms with Crippen LogP contribution < -0.4 is 5.43 Å². The summed E-state index contributed by atoms with van der Waals surface area (Å²) < 4.78 is 5.51. The summed E-state index contributed by atoms with van der Waals surface area (Å²) in [6, 6.07) is 5.59. The first-order valence-electron chi connectivity index (χ1n) is 7.15. The number of hydrogen-bond donors (Lipinski definition) is 3. The standard InChI is InChI=1S/C18H16O5/c1-9(2)3-4-10-7-12-15(8-14(10)20)23-18-11(16(12)21)5-6-13(19)17(18)22/h3,5-8,19-20,22H,4H2,1-2H3. The fraction of sp³-hybridized carbons (Fsp3) is 0.167. The van der Waals surface area contributed by atoms with Gasteiger partial charge in [0.25, 0.3) is 0 Å². The van der Waals surface area contributed by atoms with E-state index in [4.69, 9.17) is 4.42 Å². The SMILES string of the molecule is CC(C)=CCc1cc2c(=O)c3ccc(O)c(O)c3oc2cc1O. The Balaban J connectivity index is 2.34. The number of aromatic hydroxyl groups is 3. The van der Waals surface area contributed by atoms with Gasteiger partial charge in [-0.15, -0.1) is 0 Å². The van der Waals surface area contributed by atoms with Crippen LogP contribution in [0.4, 0.5) is 0 Å². The second-order valence-electron chi connectivity index (χ2n) is 5.70. The molecule has 0 aliphatic carbocycles. The first-order chi connectivity index (χ1) is 10.9. The molecule has 0 spiro atoms. The third-order valence-electron chi connectivity index (χ3n) is 3.72. The average Bonchev–Trinajstić information content (AvgIpc) is 2.50. The fourth-order valence-electron chi connectivity index (χ4n) is 2.45. The molecule has 0 saturated heterocycles. The van der Waals surface area contributed by atoms with Gasteiger partial charge in [0, 0.05) is 6.07 Å². The number of phenols is 3. The van der Waals surface area contributed by atoms with Crippen molar-refractivity contribution in [1.82, 2.24) is 0 Å². The van der Waals surface area contributed by atoms with Crippen molar-refractivity contribution in [2.75, 3.05) is 0 Å². The summed E-state index contributed by atoms with van der Waals surface area (Å²) in [7, 11) is 0. The number of fused-ring (bicyclic) bond motifs is 2. The van der Waals surface area contributed by atoms with Crippen LogP contribution in [0, 0.1) is 0 Å². The van der Waals surface area contributed by atoms with E-state index in [-0.39, 0.29) is 33.5 Å². The van der Waals surface area contributed by atoms with E-state index in [9.17, 15) is 20.1 Å². The molecular formula is C18H16O5. The van der Waals surface area contributed by atoms with Crippen LogP contribution in [-0.4, -0.2) is 15.3 Å². The third kappa shape index (κ3) is 2.50. The predicted octanol–water partition coefficient (Wildman–Crippen LogP) is 3.57. The largest absolute Gasteiger partial charge is 0.508 e. The molecule has 0 aliphatic rings. The fourth-order valence-corrected chi connectivity index (χ4v) is 2.45. The van der Waals surface area contributed by atoms with Crippen LogP contribution in [0.2, 0.25) is 0 Å². The molecule has 118 valence electrons. The molecule has 0 fully saturated rings. The molecule has 0 aliphatic heterocycles. The molecule has 3 N–H and O–H groups in total. The Bertz CT molecular complexity index is 1010. The van der Waals surface area contributed by atoms with Crippen LogP contribution in [-0.2, 0) is 6.42 Å². The van der Waals surface area contributed by atoms with Crippen LogP contribution in [0.25, 0.3) is 21.9 Å². The monoisotopic (exact) mass is 312 g/mol. The maximum atomic E-state index is 12.6. The summed E-state index contributed by atoms with van der Waals surface area (Å²) in [5.74, 6) is -0.851. The van der Waals surface area contributed by atoms with Crippen molar-refractivity contribution < 1.29 is 19.7 Å². The zero-order chi connectivity index (χ0) is 16.7. The zero-order valence-corrected chi connectivity index (χ0v) is 12.8. The van der Waals surface area contributed by atoms with Crippen LogP contribution in [0.1, 0.15) is 19.4 Å². The number of phenolic OH excluding ortho intramolecular Hbond substituents is 3. The molecule has 1 aromatic heterocycles. The Labute approximate surface area is 131 Å². The number of allylic oxidation sites excluding steroid dienone is 2. The van der Waals surface area contributed by atoms with Crippen molar-refractivity contribution in [3.05, 3.63) is 51.7 Å². The van der Waals surface area contributed by atoms with E-state index in [1.807, 2.05) is 19.9 Å². The van der Waals surface area contributed by atoms with Gasteiger partial charge in [-0.1, -0.05) is 11.6 Å². The van der Waals surface area contributed by atoms with Gasteiger partial charge in [-0.05, 0) is 44.0 Å². The minimum Gasteiger partial charge on any atom is -0.508 e. The van der Waals surface area contributed by atoms with Crippen LogP contribution in [0.15, 0.2) is 45.1 Å². The maximum Gasteiger partial charge on any atom is 0.201 e. The highest BCUT2D eigenvalue weighted by Gasteiger charge is 2.15. The van der Waals surface area contributed by atoms with E-state index in [1.165, 1.54) is 18.2 Å². The van der Waals surface area contributed by atoms with Gasteiger partial charge >= 0.3 is 0 Å². The van der Waals surface area contributed by atoms with E-state index in [0.29, 0.717) is 17.4 Å². The van der Waals surface area contributed by atoms with Gasteiger partial charge in [0.1, 0.15) is 11.3 Å². The average molecular weight is 312 g/mol. The Kier molecular flexibility index (Phi) is 3.48. The van der Waals surface area contributed by atoms with Crippen molar-refractivity contribution in [3.8, 4) is 17.2 Å². The Morgan fingerprint density at radius 2 is 1.83 bits per heavy atom. The molecule has 5 heteroatoms. The molecule has 0 amide bonds. The molecule has 0 atom stereocenters. The maximum absolute atomic E-state index is 12.6. The molecule has 3 rings (SSSR count). The van der Waals surface area contributed by atoms with Crippen molar-refractivity contribution in [1.29, 1.82) is 0 Å². The topological polar surface area (TPSA) is 90.9 Å². The van der Waals surface area contributed by atoms with Crippen molar-refractivity contribution in [2.45, 2.75) is 20.3 Å². The van der Waals surface area contributed by atoms with Crippen LogP contribution in [0.5, 0.6) is 17.2 Å². The molecule has 3 aromatic rings. The van der Waals surface area contributed by atoms with E-state index < -0.39 is 5.75 Å². The number of rotatable bonds is 2. The van der Waals surface area contributed by atoms with E-state index in [0.717, 1.165) is 5.57 Å². The highest BCUT2D eigenvalue weighted by Crippen LogP contribution is 2.35. The molecule has 1 heterocycles. The summed E-state index contributed by atoms with van der Waals surface area (Å²) in [6.07, 6.45) is 2.45. The molecular weight excluding hydrogens is 296 g/mol. The van der Waals surface area contributed by atoms with Gasteiger partial charge in [0.15, 0.2) is 11.3 Å². The number of benzene rings is 2. The first-order valence-corrected chi connectivity index (χ1v) is 7.15. The lowest BCUT2D eigenvalue weighted by atomic mass is 10.0. The minimum atomic E-state index is -0.491. The summed E-state index contributed by atoms with van der Waals surface area (Å²) in [5, 5.41) is 30.0. The van der Waals surface area contributed by atoms with E-state index >= 15 is 0 Å². The quantitative estimate of drug-likeness (QED) is 0.382. The van der Waals surface area contributed by atoms with Crippen molar-refractivity contribution >= 4 is 21.9 Å². The lowest BCUT2D eigenvalue weighted by Gasteiger charge is -2.07. The van der Waals surface area contributed by atoms with E-state index in [2.05, 4.69) is 0 Å². The Morgan fingerprint density at radius 1 is 1.09 bits per heavy atom. The Hall–Kier alpha value is -2.95. The highest BCUT2D eigenvalue weighted by molar-refractivity contribution is 5.94. The van der Waals surface area contributed by atoms with E-state index in [1.54, 1.807) is 6.07 Å². The summed E-state index contributed by atoms with van der Waals surface area (Å²) in [5.41, 5.74) is 1.46. The predicted molar refractivity (Wildman–Crippen MR) is 88.1 cm³/mol. The van der Waals surface area contributed by atoms with Gasteiger partial charge < -0.3 is 19.7 Å². The van der Waals surface area contributed by atoms with Gasteiger partial charge in [0.05, 0.1) is 10.8 Å².